The van der Waals surface area contributed by atoms with Gasteiger partial charge in [0.15, 0.2) is 18.9 Å². The molecule has 17 atom stereocenters. The maximum atomic E-state index is 13.3. The SMILES string of the molecule is CCCCC/C=C/CC/C=C/C(O)C(COC1OC(CO)C(OC2OC(CO)C(OC3OC(CO)C(O)C(O)C3O)C(O)C2O)C(O)C1O)NC(=O)CCCCCCCCCCCCCCCCCCCCCCCCCCCCCCCCCCCCCCCC. The molecule has 0 aliphatic carbocycles. The molecule has 92 heavy (non-hydrogen) atoms. The number of aliphatic hydroxyl groups is 11. The molecule has 0 aromatic carbocycles. The van der Waals surface area contributed by atoms with Gasteiger partial charge in [-0.2, -0.15) is 0 Å². The number of carbonyl (C=O) groups excluding carboxylic acids is 1. The largest absolute Gasteiger partial charge is 0.394 e. The van der Waals surface area contributed by atoms with E-state index in [4.69, 9.17) is 28.4 Å². The lowest BCUT2D eigenvalue weighted by atomic mass is 9.96. The molecule has 0 radical (unpaired) electrons. The quantitative estimate of drug-likeness (QED) is 0.0199. The summed E-state index contributed by atoms with van der Waals surface area (Å²) in [6.45, 7) is 1.67. The maximum absolute atomic E-state index is 13.3. The van der Waals surface area contributed by atoms with E-state index in [0.717, 1.165) is 44.9 Å². The zero-order valence-electron chi connectivity index (χ0n) is 57.5. The normalized spacial score (nSPS) is 27.8. The van der Waals surface area contributed by atoms with Crippen LogP contribution in [-0.2, 0) is 33.2 Å². The van der Waals surface area contributed by atoms with Crippen LogP contribution in [0.3, 0.4) is 0 Å². The minimum atomic E-state index is -1.98. The fourth-order valence-corrected chi connectivity index (χ4v) is 12.9. The van der Waals surface area contributed by atoms with E-state index in [-0.39, 0.29) is 18.9 Å². The van der Waals surface area contributed by atoms with Gasteiger partial charge in [-0.05, 0) is 32.1 Å². The lowest BCUT2D eigenvalue weighted by Gasteiger charge is -2.48. The van der Waals surface area contributed by atoms with Crippen LogP contribution in [-0.4, -0.2) is 193 Å². The number of hydrogen-bond donors (Lipinski definition) is 12. The van der Waals surface area contributed by atoms with Crippen molar-refractivity contribution in [3.63, 3.8) is 0 Å². The van der Waals surface area contributed by atoms with Crippen molar-refractivity contribution in [2.75, 3.05) is 26.4 Å². The second-order valence-electron chi connectivity index (χ2n) is 27.1. The van der Waals surface area contributed by atoms with Gasteiger partial charge in [0.05, 0.1) is 38.6 Å². The first-order chi connectivity index (χ1) is 44.8. The number of aliphatic hydroxyl groups excluding tert-OH is 11. The number of hydrogen-bond acceptors (Lipinski definition) is 18. The molecule has 3 aliphatic rings. The molecular weight excluding hydrogens is 1180 g/mol. The van der Waals surface area contributed by atoms with Gasteiger partial charge < -0.3 is 89.9 Å². The Kier molecular flexibility index (Phi) is 50.7. The number of amides is 1. The summed E-state index contributed by atoms with van der Waals surface area (Å²) in [5.74, 6) is -0.283. The van der Waals surface area contributed by atoms with Gasteiger partial charge in [0.2, 0.25) is 5.91 Å². The van der Waals surface area contributed by atoms with Crippen LogP contribution in [0.1, 0.15) is 303 Å². The van der Waals surface area contributed by atoms with E-state index in [1.165, 1.54) is 225 Å². The van der Waals surface area contributed by atoms with E-state index in [2.05, 4.69) is 31.3 Å². The first-order valence-corrected chi connectivity index (χ1v) is 37.6. The highest BCUT2D eigenvalue weighted by Crippen LogP contribution is 2.33. The molecule has 19 nitrogen and oxygen atoms in total. The minimum absolute atomic E-state index is 0.240. The molecule has 3 fully saturated rings. The number of carbonyl (C=O) groups is 1. The zero-order chi connectivity index (χ0) is 66.8. The molecule has 0 bridgehead atoms. The Morgan fingerprint density at radius 1 is 0.380 bits per heavy atom. The first-order valence-electron chi connectivity index (χ1n) is 37.6. The second-order valence-corrected chi connectivity index (χ2v) is 27.1. The summed E-state index contributed by atoms with van der Waals surface area (Å²) < 4.78 is 34.2. The van der Waals surface area contributed by atoms with Crippen molar-refractivity contribution in [2.24, 2.45) is 0 Å². The van der Waals surface area contributed by atoms with E-state index < -0.39 is 124 Å². The van der Waals surface area contributed by atoms with E-state index in [9.17, 15) is 61.0 Å². The Morgan fingerprint density at radius 2 is 0.696 bits per heavy atom. The molecule has 17 unspecified atom stereocenters. The summed E-state index contributed by atoms with van der Waals surface area (Å²) in [4.78, 5) is 13.3. The van der Waals surface area contributed by atoms with Crippen LogP contribution < -0.4 is 5.32 Å². The summed E-state index contributed by atoms with van der Waals surface area (Å²) in [6, 6.07) is -0.985. The number of rotatable bonds is 59. The highest BCUT2D eigenvalue weighted by molar-refractivity contribution is 5.76. The number of unbranched alkanes of at least 4 members (excludes halogenated alkanes) is 41. The summed E-state index contributed by atoms with van der Waals surface area (Å²) in [7, 11) is 0. The summed E-state index contributed by atoms with van der Waals surface area (Å²) in [5.41, 5.74) is 0. The third-order valence-electron chi connectivity index (χ3n) is 19.0. The molecule has 0 aromatic rings. The van der Waals surface area contributed by atoms with Crippen molar-refractivity contribution in [3.8, 4) is 0 Å². The number of allylic oxidation sites excluding steroid dienone is 3. The first kappa shape index (κ1) is 84.5. The second kappa shape index (κ2) is 55.2. The Labute approximate surface area is 556 Å². The average molecular weight is 1320 g/mol. The monoisotopic (exact) mass is 1320 g/mol. The summed E-state index contributed by atoms with van der Waals surface area (Å²) in [6.07, 6.45) is 38.2. The van der Waals surface area contributed by atoms with Crippen LogP contribution in [0.25, 0.3) is 0 Å². The molecule has 0 saturated carbocycles. The minimum Gasteiger partial charge on any atom is -0.394 e. The zero-order valence-corrected chi connectivity index (χ0v) is 57.5. The van der Waals surface area contributed by atoms with Gasteiger partial charge in [-0.15, -0.1) is 0 Å². The highest BCUT2D eigenvalue weighted by atomic mass is 16.8. The summed E-state index contributed by atoms with van der Waals surface area (Å²) >= 11 is 0. The van der Waals surface area contributed by atoms with Crippen LogP contribution in [0.15, 0.2) is 24.3 Å². The fourth-order valence-electron chi connectivity index (χ4n) is 12.9. The van der Waals surface area contributed by atoms with Gasteiger partial charge in [0.1, 0.15) is 73.2 Å². The Hall–Kier alpha value is -1.73. The summed E-state index contributed by atoms with van der Waals surface area (Å²) in [5, 5.41) is 120. The predicted octanol–water partition coefficient (Wildman–Crippen LogP) is 11.0. The van der Waals surface area contributed by atoms with Gasteiger partial charge in [0.25, 0.3) is 0 Å². The van der Waals surface area contributed by atoms with Crippen LogP contribution in [0.5, 0.6) is 0 Å². The molecule has 3 heterocycles. The van der Waals surface area contributed by atoms with Crippen LogP contribution in [0.2, 0.25) is 0 Å². The molecule has 542 valence electrons. The highest BCUT2D eigenvalue weighted by Gasteiger charge is 2.53. The van der Waals surface area contributed by atoms with Gasteiger partial charge in [-0.25, -0.2) is 0 Å². The molecular formula is C73H137NO18. The third-order valence-corrected chi connectivity index (χ3v) is 19.0. The van der Waals surface area contributed by atoms with Crippen molar-refractivity contribution >= 4 is 5.91 Å². The van der Waals surface area contributed by atoms with Gasteiger partial charge in [-0.3, -0.25) is 4.79 Å². The Morgan fingerprint density at radius 3 is 1.09 bits per heavy atom. The molecule has 0 aromatic heterocycles. The number of nitrogens with one attached hydrogen (secondary N) is 1. The van der Waals surface area contributed by atoms with Crippen molar-refractivity contribution in [2.45, 2.75) is 407 Å². The standard InChI is InChI=1S/C73H137NO18/c1-3-5-7-9-11-13-14-15-16-17-18-19-20-21-22-23-24-25-26-27-28-29-30-31-32-33-34-35-36-37-38-39-40-41-43-45-47-49-51-61(79)74-56(57(78)50-48-46-44-42-12-10-8-6-4-2)55-87-71-67(85)64(82)69(59(53-76)89-71)92-73-68(86)65(83)70(60(54-77)90-73)91-72-66(84)63(81)62(80)58(52-75)88-72/h12,42,48,50,56-60,62-73,75-78,80-86H,3-11,13-41,43-47,49,51-55H2,1-2H3,(H,74,79)/b42-12+,50-48+. The third kappa shape index (κ3) is 36.2. The molecule has 19 heteroatoms. The lowest BCUT2D eigenvalue weighted by molar-refractivity contribution is -0.379. The Bertz CT molecular complexity index is 1760. The van der Waals surface area contributed by atoms with Crippen molar-refractivity contribution in [1.82, 2.24) is 5.32 Å². The van der Waals surface area contributed by atoms with Crippen LogP contribution >= 0.6 is 0 Å². The molecule has 3 saturated heterocycles. The van der Waals surface area contributed by atoms with Crippen molar-refractivity contribution in [1.29, 1.82) is 0 Å². The lowest BCUT2D eigenvalue weighted by Crippen LogP contribution is -2.66. The van der Waals surface area contributed by atoms with E-state index >= 15 is 0 Å². The molecule has 12 N–H and O–H groups in total. The number of ether oxygens (including phenoxy) is 6. The van der Waals surface area contributed by atoms with E-state index in [1.54, 1.807) is 6.08 Å². The van der Waals surface area contributed by atoms with Crippen molar-refractivity contribution < 1.29 is 89.4 Å². The van der Waals surface area contributed by atoms with Crippen LogP contribution in [0.4, 0.5) is 0 Å². The van der Waals surface area contributed by atoms with Gasteiger partial charge in [0, 0.05) is 6.42 Å². The smallest absolute Gasteiger partial charge is 0.220 e. The average Bonchev–Trinajstić information content (AvgIpc) is 0.800. The molecule has 0 spiro atoms. The topological polar surface area (TPSA) is 307 Å². The maximum Gasteiger partial charge on any atom is 0.220 e. The van der Waals surface area contributed by atoms with Crippen molar-refractivity contribution in [3.05, 3.63) is 24.3 Å². The predicted molar refractivity (Wildman–Crippen MR) is 360 cm³/mol. The molecule has 1 amide bonds. The Balaban J connectivity index is 1.25. The van der Waals surface area contributed by atoms with Gasteiger partial charge >= 0.3 is 0 Å². The fraction of sp³-hybridized carbons (Fsp3) is 0.932. The van der Waals surface area contributed by atoms with Crippen LogP contribution in [0, 0.1) is 0 Å². The molecule has 3 aliphatic heterocycles. The van der Waals surface area contributed by atoms with E-state index in [0.29, 0.717) is 12.8 Å². The molecule has 3 rings (SSSR count). The van der Waals surface area contributed by atoms with E-state index in [1.807, 2.05) is 6.08 Å². The van der Waals surface area contributed by atoms with Gasteiger partial charge in [-0.1, -0.05) is 289 Å².